The van der Waals surface area contributed by atoms with E-state index in [4.69, 9.17) is 13.9 Å². The van der Waals surface area contributed by atoms with Crippen molar-refractivity contribution in [2.24, 2.45) is 0 Å². The number of rotatable bonds is 12. The summed E-state index contributed by atoms with van der Waals surface area (Å²) in [5.74, 6) is 0.774. The third-order valence-corrected chi connectivity index (χ3v) is 8.32. The lowest BCUT2D eigenvalue weighted by molar-refractivity contribution is -0.124. The number of ether oxygens (including phenoxy) is 2. The zero-order valence-electron chi connectivity index (χ0n) is 18.9. The predicted octanol–water partition coefficient (Wildman–Crippen LogP) is 3.10. The highest BCUT2D eigenvalue weighted by molar-refractivity contribution is 7.93. The van der Waals surface area contributed by atoms with Gasteiger partial charge >= 0.3 is 0 Å². The van der Waals surface area contributed by atoms with Gasteiger partial charge in [-0.05, 0) is 62.1 Å². The molecule has 0 unspecified atom stereocenters. The second-order valence-corrected chi connectivity index (χ2v) is 10.3. The number of furan rings is 1. The Balaban J connectivity index is 1.53. The van der Waals surface area contributed by atoms with E-state index < -0.39 is 14.6 Å². The molecule has 8 nitrogen and oxygen atoms in total. The van der Waals surface area contributed by atoms with E-state index in [1.807, 2.05) is 6.92 Å². The standard InChI is InChI=1S/C24H31NO7S/c1-2-5-22(26)24(11-16-30-17-12-24)33(28,29)21-9-7-19(8-10-21)31-15-4-13-25-23(27)18-20-6-3-14-32-20/h3,6-10,14H,2,4-5,11-13,15-18H2,1H3,(H,25,27). The minimum absolute atomic E-state index is 0.117. The molecule has 9 heteroatoms. The van der Waals surface area contributed by atoms with E-state index in [1.54, 1.807) is 24.3 Å². The van der Waals surface area contributed by atoms with E-state index in [2.05, 4.69) is 5.32 Å². The molecule has 0 aliphatic carbocycles. The van der Waals surface area contributed by atoms with Gasteiger partial charge in [-0.3, -0.25) is 9.59 Å². The lowest BCUT2D eigenvalue weighted by Gasteiger charge is -2.35. The first kappa shape index (κ1) is 25.0. The fraction of sp³-hybridized carbons (Fsp3) is 0.500. The van der Waals surface area contributed by atoms with Gasteiger partial charge < -0.3 is 19.2 Å². The van der Waals surface area contributed by atoms with Crippen LogP contribution < -0.4 is 10.1 Å². The molecule has 1 fully saturated rings. The van der Waals surface area contributed by atoms with Gasteiger partial charge in [-0.1, -0.05) is 6.92 Å². The number of carbonyl (C=O) groups is 2. The second-order valence-electron chi connectivity index (χ2n) is 8.06. The van der Waals surface area contributed by atoms with Gasteiger partial charge in [0.05, 0.1) is 24.2 Å². The molecule has 180 valence electrons. The summed E-state index contributed by atoms with van der Waals surface area (Å²) in [6.45, 7) is 3.20. The van der Waals surface area contributed by atoms with Crippen LogP contribution in [0, 0.1) is 0 Å². The molecule has 0 radical (unpaired) electrons. The summed E-state index contributed by atoms with van der Waals surface area (Å²) in [5, 5.41) is 2.80. The minimum Gasteiger partial charge on any atom is -0.494 e. The maximum Gasteiger partial charge on any atom is 0.227 e. The topological polar surface area (TPSA) is 112 Å². The fourth-order valence-corrected chi connectivity index (χ4v) is 5.97. The number of carbonyl (C=O) groups excluding carboxylic acids is 2. The highest BCUT2D eigenvalue weighted by atomic mass is 32.2. The molecule has 1 aromatic carbocycles. The molecule has 0 saturated carbocycles. The van der Waals surface area contributed by atoms with Crippen LogP contribution in [0.5, 0.6) is 5.75 Å². The molecule has 0 bridgehead atoms. The van der Waals surface area contributed by atoms with Gasteiger partial charge in [0.15, 0.2) is 15.6 Å². The molecule has 0 atom stereocenters. The predicted molar refractivity (Wildman–Crippen MR) is 122 cm³/mol. The Morgan fingerprint density at radius 3 is 2.48 bits per heavy atom. The van der Waals surface area contributed by atoms with Crippen LogP contribution in [0.1, 0.15) is 44.8 Å². The van der Waals surface area contributed by atoms with Crippen LogP contribution in [-0.2, 0) is 30.6 Å². The summed E-state index contributed by atoms with van der Waals surface area (Å²) in [5.41, 5.74) is 0. The zero-order chi connectivity index (χ0) is 23.7. The Morgan fingerprint density at radius 2 is 1.85 bits per heavy atom. The van der Waals surface area contributed by atoms with E-state index in [9.17, 15) is 18.0 Å². The molecular weight excluding hydrogens is 446 g/mol. The summed E-state index contributed by atoms with van der Waals surface area (Å²) >= 11 is 0. The highest BCUT2D eigenvalue weighted by Crippen LogP contribution is 2.37. The molecule has 1 aliphatic heterocycles. The van der Waals surface area contributed by atoms with Gasteiger partial charge in [0.2, 0.25) is 5.91 Å². The van der Waals surface area contributed by atoms with Gasteiger partial charge in [0.1, 0.15) is 16.3 Å². The molecule has 2 aromatic rings. The van der Waals surface area contributed by atoms with Crippen LogP contribution in [0.25, 0.3) is 0 Å². The van der Waals surface area contributed by atoms with Crippen LogP contribution in [0.15, 0.2) is 52.0 Å². The third kappa shape index (κ3) is 6.03. The van der Waals surface area contributed by atoms with Crippen molar-refractivity contribution in [3.63, 3.8) is 0 Å². The average molecular weight is 478 g/mol. The number of amides is 1. The maximum atomic E-state index is 13.4. The first-order chi connectivity index (χ1) is 15.9. The van der Waals surface area contributed by atoms with Crippen molar-refractivity contribution < 1.29 is 31.9 Å². The maximum absolute atomic E-state index is 13.4. The van der Waals surface area contributed by atoms with Gasteiger partial charge in [-0.2, -0.15) is 0 Å². The molecule has 33 heavy (non-hydrogen) atoms. The van der Waals surface area contributed by atoms with Crippen LogP contribution in [-0.4, -0.2) is 51.2 Å². The Labute approximate surface area is 194 Å². The average Bonchev–Trinajstić information content (AvgIpc) is 3.32. The molecule has 0 spiro atoms. The lowest BCUT2D eigenvalue weighted by Crippen LogP contribution is -2.50. The number of hydrogen-bond acceptors (Lipinski definition) is 7. The minimum atomic E-state index is -3.86. The van der Waals surface area contributed by atoms with E-state index in [-0.39, 0.29) is 55.5 Å². The van der Waals surface area contributed by atoms with Crippen molar-refractivity contribution in [2.75, 3.05) is 26.4 Å². The smallest absolute Gasteiger partial charge is 0.227 e. The second kappa shape index (κ2) is 11.5. The van der Waals surface area contributed by atoms with Crippen molar-refractivity contribution in [3.8, 4) is 5.75 Å². The summed E-state index contributed by atoms with van der Waals surface area (Å²) < 4.78 is 41.6. The Bertz CT molecular complexity index is 1010. The number of benzene rings is 1. The normalized spacial score (nSPS) is 15.7. The summed E-state index contributed by atoms with van der Waals surface area (Å²) in [6, 6.07) is 9.66. The Kier molecular flexibility index (Phi) is 8.68. The van der Waals surface area contributed by atoms with Crippen LogP contribution >= 0.6 is 0 Å². The SMILES string of the molecule is CCCC(=O)C1(S(=O)(=O)c2ccc(OCCCNC(=O)Cc3ccco3)cc2)CCOCC1. The largest absolute Gasteiger partial charge is 0.494 e. The van der Waals surface area contributed by atoms with Crippen LogP contribution in [0.2, 0.25) is 0 Å². The van der Waals surface area contributed by atoms with E-state index >= 15 is 0 Å². The van der Waals surface area contributed by atoms with Crippen molar-refractivity contribution in [3.05, 3.63) is 48.4 Å². The molecule has 3 rings (SSSR count). The van der Waals surface area contributed by atoms with Crippen molar-refractivity contribution in [2.45, 2.75) is 55.1 Å². The molecule has 1 aromatic heterocycles. The Hall–Kier alpha value is -2.65. The van der Waals surface area contributed by atoms with E-state index in [1.165, 1.54) is 18.4 Å². The monoisotopic (exact) mass is 477 g/mol. The molecule has 1 aliphatic rings. The number of hydrogen-bond donors (Lipinski definition) is 1. The van der Waals surface area contributed by atoms with Gasteiger partial charge in [-0.15, -0.1) is 0 Å². The molecule has 1 saturated heterocycles. The van der Waals surface area contributed by atoms with Crippen LogP contribution in [0.3, 0.4) is 0 Å². The van der Waals surface area contributed by atoms with Gasteiger partial charge in [-0.25, -0.2) is 8.42 Å². The van der Waals surface area contributed by atoms with E-state index in [0.29, 0.717) is 37.5 Å². The first-order valence-corrected chi connectivity index (χ1v) is 12.7. The molecular formula is C24H31NO7S. The molecule has 2 heterocycles. The van der Waals surface area contributed by atoms with Crippen LogP contribution in [0.4, 0.5) is 0 Å². The first-order valence-electron chi connectivity index (χ1n) is 11.3. The fourth-order valence-electron chi connectivity index (χ4n) is 3.92. The number of nitrogens with one attached hydrogen (secondary N) is 1. The van der Waals surface area contributed by atoms with Crippen molar-refractivity contribution >= 4 is 21.5 Å². The lowest BCUT2D eigenvalue weighted by atomic mass is 9.91. The summed E-state index contributed by atoms with van der Waals surface area (Å²) in [4.78, 5) is 24.8. The number of Topliss-reactive ketones (excluding diaryl/α,β-unsaturated/α-hetero) is 1. The van der Waals surface area contributed by atoms with Crippen molar-refractivity contribution in [1.29, 1.82) is 0 Å². The number of sulfone groups is 1. The Morgan fingerprint density at radius 1 is 1.12 bits per heavy atom. The summed E-state index contributed by atoms with van der Waals surface area (Å²) in [6.07, 6.45) is 3.51. The molecule has 1 N–H and O–H groups in total. The van der Waals surface area contributed by atoms with Gasteiger partial charge in [0.25, 0.3) is 0 Å². The van der Waals surface area contributed by atoms with E-state index in [0.717, 1.165) is 0 Å². The molecule has 1 amide bonds. The number of ketones is 1. The zero-order valence-corrected chi connectivity index (χ0v) is 19.7. The quantitative estimate of drug-likeness (QED) is 0.468. The third-order valence-electron chi connectivity index (χ3n) is 5.76. The van der Waals surface area contributed by atoms with Gasteiger partial charge in [0, 0.05) is 26.2 Å². The van der Waals surface area contributed by atoms with Crippen molar-refractivity contribution in [1.82, 2.24) is 5.32 Å². The highest BCUT2D eigenvalue weighted by Gasteiger charge is 2.51. The summed E-state index contributed by atoms with van der Waals surface area (Å²) in [7, 11) is -3.86.